The third kappa shape index (κ3) is 8.01. The van der Waals surface area contributed by atoms with Crippen LogP contribution in [-0.4, -0.2) is 49.0 Å². The molecule has 0 saturated heterocycles. The van der Waals surface area contributed by atoms with E-state index in [4.69, 9.17) is 26.5 Å². The molecule has 1 atom stereocenters. The van der Waals surface area contributed by atoms with Crippen LogP contribution in [0.4, 0.5) is 16.2 Å². The van der Waals surface area contributed by atoms with Crippen molar-refractivity contribution >= 4 is 34.8 Å². The number of amides is 2. The summed E-state index contributed by atoms with van der Waals surface area (Å²) in [5.74, 6) is 2.39. The van der Waals surface area contributed by atoms with Crippen LogP contribution < -0.4 is 30.7 Å². The molecule has 0 bridgehead atoms. The minimum atomic E-state index is -0.338. The number of benzene rings is 2. The molecule has 0 spiro atoms. The van der Waals surface area contributed by atoms with Gasteiger partial charge in [-0.2, -0.15) is 0 Å². The number of pyridine rings is 1. The molecule has 0 unspecified atom stereocenters. The highest BCUT2D eigenvalue weighted by Crippen LogP contribution is 2.30. The van der Waals surface area contributed by atoms with Gasteiger partial charge in [-0.3, -0.25) is 10.4 Å². The number of urea groups is 1. The molecule has 196 valence electrons. The number of carbonyl (C=O) groups is 1. The first kappa shape index (κ1) is 27.6. The Labute approximate surface area is 222 Å². The molecule has 5 N–H and O–H groups in total. The molecule has 0 aliphatic rings. The first-order valence-corrected chi connectivity index (χ1v) is 12.5. The number of aryl methyl sites for hydroxylation is 2. The molecule has 1 aromatic heterocycles. The second-order valence-corrected chi connectivity index (χ2v) is 8.78. The van der Waals surface area contributed by atoms with Gasteiger partial charge in [0.25, 0.3) is 0 Å². The van der Waals surface area contributed by atoms with Gasteiger partial charge < -0.3 is 30.7 Å². The maximum Gasteiger partial charge on any atom is 0.314 e. The van der Waals surface area contributed by atoms with Gasteiger partial charge >= 0.3 is 6.03 Å². The Kier molecular flexibility index (Phi) is 9.97. The van der Waals surface area contributed by atoms with Gasteiger partial charge in [0, 0.05) is 36.5 Å². The van der Waals surface area contributed by atoms with Crippen LogP contribution in [0.25, 0.3) is 0 Å². The Morgan fingerprint density at radius 3 is 2.59 bits per heavy atom. The summed E-state index contributed by atoms with van der Waals surface area (Å²) in [5, 5.41) is 20.5. The van der Waals surface area contributed by atoms with E-state index in [1.165, 1.54) is 0 Å². The molecule has 0 aliphatic heterocycles. The Hall–Kier alpha value is -3.98. The van der Waals surface area contributed by atoms with Crippen molar-refractivity contribution < 1.29 is 14.3 Å². The predicted molar refractivity (Wildman–Crippen MR) is 149 cm³/mol. The summed E-state index contributed by atoms with van der Waals surface area (Å²) in [7, 11) is 1.79. The van der Waals surface area contributed by atoms with Gasteiger partial charge in [0.05, 0.1) is 18.3 Å². The molecule has 0 saturated carbocycles. The quantitative estimate of drug-likeness (QED) is 0.132. The average Bonchev–Trinajstić information content (AvgIpc) is 2.88. The number of nitrogens with zero attached hydrogens (tertiary/aromatic N) is 1. The average molecular weight is 525 g/mol. The first-order chi connectivity index (χ1) is 17.8. The number of amidine groups is 1. The summed E-state index contributed by atoms with van der Waals surface area (Å²) >= 11 is 5.60. The van der Waals surface area contributed by atoms with Crippen LogP contribution in [0, 0.1) is 19.3 Å². The zero-order valence-corrected chi connectivity index (χ0v) is 22.2. The molecule has 2 aromatic carbocycles. The number of hydrogen-bond donors (Lipinski definition) is 5. The summed E-state index contributed by atoms with van der Waals surface area (Å²) < 4.78 is 12.1. The van der Waals surface area contributed by atoms with Gasteiger partial charge in [-0.1, -0.05) is 6.07 Å². The van der Waals surface area contributed by atoms with Crippen molar-refractivity contribution in [3.05, 3.63) is 71.5 Å². The summed E-state index contributed by atoms with van der Waals surface area (Å²) in [5.41, 5.74) is 3.87. The van der Waals surface area contributed by atoms with E-state index in [9.17, 15) is 4.79 Å². The summed E-state index contributed by atoms with van der Waals surface area (Å²) in [6.07, 6.45) is 1.35. The Balaban J connectivity index is 1.71. The van der Waals surface area contributed by atoms with Crippen LogP contribution in [0.2, 0.25) is 0 Å². The molecule has 3 aromatic rings. The number of halogens is 1. The van der Waals surface area contributed by atoms with E-state index in [0.717, 1.165) is 22.6 Å². The van der Waals surface area contributed by atoms with Crippen molar-refractivity contribution in [2.45, 2.75) is 26.9 Å². The van der Waals surface area contributed by atoms with Crippen LogP contribution in [-0.2, 0) is 0 Å². The number of aromatic nitrogens is 1. The van der Waals surface area contributed by atoms with Gasteiger partial charge in [-0.25, -0.2) is 4.79 Å². The molecule has 0 radical (unpaired) electrons. The maximum absolute atomic E-state index is 11.8. The zero-order chi connectivity index (χ0) is 26.8. The zero-order valence-electron chi connectivity index (χ0n) is 21.4. The van der Waals surface area contributed by atoms with Gasteiger partial charge in [0.15, 0.2) is 0 Å². The van der Waals surface area contributed by atoms with Crippen molar-refractivity contribution in [2.24, 2.45) is 0 Å². The topological polar surface area (TPSA) is 120 Å². The Morgan fingerprint density at radius 2 is 1.92 bits per heavy atom. The molecular formula is C27H33ClN6O3. The SMILES string of the molecule is CNc1cccc(O[C@H](C)CNC(=O)NCCCl)c1C(=N)Nc1ccc(Oc2ccc(C)nc2)c(C)c1. The van der Waals surface area contributed by atoms with Crippen LogP contribution in [0.15, 0.2) is 54.7 Å². The van der Waals surface area contributed by atoms with Crippen molar-refractivity contribution in [3.8, 4) is 17.2 Å². The minimum Gasteiger partial charge on any atom is -0.488 e. The fraction of sp³-hybridized carbons (Fsp3) is 0.296. The summed E-state index contributed by atoms with van der Waals surface area (Å²) in [4.78, 5) is 16.1. The van der Waals surface area contributed by atoms with Crippen LogP contribution >= 0.6 is 11.6 Å². The predicted octanol–water partition coefficient (Wildman–Crippen LogP) is 5.28. The van der Waals surface area contributed by atoms with E-state index >= 15 is 0 Å². The lowest BCUT2D eigenvalue weighted by Gasteiger charge is -2.21. The van der Waals surface area contributed by atoms with Gasteiger partial charge in [-0.05, 0) is 68.8 Å². The molecule has 2 amide bonds. The second kappa shape index (κ2) is 13.4. The standard InChI is InChI=1S/C27H33ClN6O3/c1-17-14-20(9-11-23(17)37-21-10-8-18(2)32-16-21)34-26(29)25-22(30-4)6-5-7-24(25)36-19(3)15-33-27(35)31-13-12-28/h5-11,14,16,19,30H,12-13,15H2,1-4H3,(H2,29,34)(H2,31,33,35)/t19-/m1/s1. The van der Waals surface area contributed by atoms with Gasteiger partial charge in [0.1, 0.15) is 29.2 Å². The molecule has 0 fully saturated rings. The number of ether oxygens (including phenoxy) is 2. The van der Waals surface area contributed by atoms with E-state index in [1.54, 1.807) is 19.3 Å². The number of hydrogen-bond acceptors (Lipinski definition) is 6. The Bertz CT molecular complexity index is 1220. The van der Waals surface area contributed by atoms with Crippen LogP contribution in [0.1, 0.15) is 23.7 Å². The van der Waals surface area contributed by atoms with Crippen LogP contribution in [0.5, 0.6) is 17.2 Å². The molecule has 10 heteroatoms. The minimum absolute atomic E-state index is 0.163. The third-order valence-electron chi connectivity index (χ3n) is 5.36. The molecule has 1 heterocycles. The molecule has 9 nitrogen and oxygen atoms in total. The van der Waals surface area contributed by atoms with Crippen molar-refractivity contribution in [1.29, 1.82) is 5.41 Å². The fourth-order valence-electron chi connectivity index (χ4n) is 3.50. The van der Waals surface area contributed by atoms with E-state index in [0.29, 0.717) is 35.2 Å². The number of carbonyl (C=O) groups excluding carboxylic acids is 1. The smallest absolute Gasteiger partial charge is 0.314 e. The summed E-state index contributed by atoms with van der Waals surface area (Å²) in [6, 6.07) is 14.6. The monoisotopic (exact) mass is 524 g/mol. The number of anilines is 2. The maximum atomic E-state index is 11.8. The highest BCUT2D eigenvalue weighted by molar-refractivity contribution is 6.18. The lowest BCUT2D eigenvalue weighted by molar-refractivity contribution is 0.208. The lowest BCUT2D eigenvalue weighted by atomic mass is 10.1. The van der Waals surface area contributed by atoms with Gasteiger partial charge in [0.2, 0.25) is 0 Å². The highest BCUT2D eigenvalue weighted by Gasteiger charge is 2.17. The third-order valence-corrected chi connectivity index (χ3v) is 5.55. The highest BCUT2D eigenvalue weighted by atomic mass is 35.5. The molecule has 37 heavy (non-hydrogen) atoms. The van der Waals surface area contributed by atoms with Gasteiger partial charge in [-0.15, -0.1) is 11.6 Å². The van der Waals surface area contributed by atoms with E-state index in [1.807, 2.05) is 63.2 Å². The fourth-order valence-corrected chi connectivity index (χ4v) is 3.60. The Morgan fingerprint density at radius 1 is 1.11 bits per heavy atom. The van der Waals surface area contributed by atoms with Crippen molar-refractivity contribution in [2.75, 3.05) is 36.7 Å². The lowest BCUT2D eigenvalue weighted by Crippen LogP contribution is -2.41. The number of rotatable bonds is 11. The molecule has 3 rings (SSSR count). The summed E-state index contributed by atoms with van der Waals surface area (Å²) in [6.45, 7) is 6.39. The van der Waals surface area contributed by atoms with E-state index in [-0.39, 0.29) is 24.5 Å². The number of nitrogens with one attached hydrogen (secondary N) is 5. The molecule has 0 aliphatic carbocycles. The normalized spacial score (nSPS) is 11.3. The first-order valence-electron chi connectivity index (χ1n) is 11.9. The van der Waals surface area contributed by atoms with E-state index in [2.05, 4.69) is 26.3 Å². The van der Waals surface area contributed by atoms with Crippen molar-refractivity contribution in [3.63, 3.8) is 0 Å². The molecular weight excluding hydrogens is 492 g/mol. The number of alkyl halides is 1. The van der Waals surface area contributed by atoms with Crippen molar-refractivity contribution in [1.82, 2.24) is 15.6 Å². The largest absolute Gasteiger partial charge is 0.488 e. The second-order valence-electron chi connectivity index (χ2n) is 8.40. The van der Waals surface area contributed by atoms with Crippen LogP contribution in [0.3, 0.4) is 0 Å². The van der Waals surface area contributed by atoms with E-state index < -0.39 is 0 Å².